The molecule has 0 aliphatic heterocycles. The molecule has 0 heterocycles. The summed E-state index contributed by atoms with van der Waals surface area (Å²) in [4.78, 5) is 0. The van der Waals surface area contributed by atoms with E-state index in [-0.39, 0.29) is 0 Å². The summed E-state index contributed by atoms with van der Waals surface area (Å²) < 4.78 is 7.37. The van der Waals surface area contributed by atoms with E-state index < -0.39 is 0 Å². The highest BCUT2D eigenvalue weighted by atomic mass is 16.5. The molecule has 0 aromatic carbocycles. The van der Waals surface area contributed by atoms with Crippen molar-refractivity contribution in [3.63, 3.8) is 0 Å². The Labute approximate surface area is 369 Å². The van der Waals surface area contributed by atoms with Gasteiger partial charge in [-0.2, -0.15) is 0 Å². The highest BCUT2D eigenvalue weighted by Gasteiger charge is 2.63. The molecule has 340 valence electrons. The molecule has 1 nitrogen and oxygen atoms in total. The second-order valence-electron chi connectivity index (χ2n) is 26.6. The first-order valence-corrected chi connectivity index (χ1v) is 27.7. The molecule has 8 aliphatic rings. The van der Waals surface area contributed by atoms with Crippen molar-refractivity contribution in [2.24, 2.45) is 116 Å². The molecule has 8 fully saturated rings. The van der Waals surface area contributed by atoms with E-state index in [0.29, 0.717) is 33.9 Å². The van der Waals surface area contributed by atoms with Crippen LogP contribution in [0.1, 0.15) is 237 Å². The van der Waals surface area contributed by atoms with E-state index in [9.17, 15) is 0 Å². The smallest absolute Gasteiger partial charge is 0.0582 e. The summed E-state index contributed by atoms with van der Waals surface area (Å²) in [6, 6.07) is 0. The molecule has 8 aliphatic carbocycles. The van der Waals surface area contributed by atoms with Crippen LogP contribution in [-0.4, -0.2) is 12.2 Å². The van der Waals surface area contributed by atoms with Gasteiger partial charge >= 0.3 is 0 Å². The molecule has 4 unspecified atom stereocenters. The highest BCUT2D eigenvalue weighted by molar-refractivity contribution is 5.12. The molecule has 0 spiro atoms. The average Bonchev–Trinajstić information content (AvgIpc) is 3.75. The van der Waals surface area contributed by atoms with Gasteiger partial charge in [-0.1, -0.05) is 109 Å². The van der Waals surface area contributed by atoms with Crippen molar-refractivity contribution in [1.82, 2.24) is 0 Å². The van der Waals surface area contributed by atoms with Gasteiger partial charge in [0.2, 0.25) is 0 Å². The van der Waals surface area contributed by atoms with Gasteiger partial charge in [-0.25, -0.2) is 0 Å². The van der Waals surface area contributed by atoms with E-state index >= 15 is 0 Å². The number of rotatable bonds is 14. The summed E-state index contributed by atoms with van der Waals surface area (Å²) in [5.41, 5.74) is 2.36. The Kier molecular flexibility index (Phi) is 13.7. The van der Waals surface area contributed by atoms with E-state index in [1.54, 1.807) is 12.8 Å². The summed E-state index contributed by atoms with van der Waals surface area (Å²) in [6.07, 6.45) is 36.4. The summed E-state index contributed by atoms with van der Waals surface area (Å²) >= 11 is 0. The van der Waals surface area contributed by atoms with Gasteiger partial charge < -0.3 is 4.74 Å². The lowest BCUT2D eigenvalue weighted by Crippen LogP contribution is -2.55. The quantitative estimate of drug-likeness (QED) is 0.170. The minimum absolute atomic E-state index is 0.541. The Balaban J connectivity index is 0.834. The molecule has 0 bridgehead atoms. The fraction of sp³-hybridized carbons (Fsp3) is 1.00. The first kappa shape index (κ1) is 45.5. The predicted octanol–water partition coefficient (Wildman–Crippen LogP) is 17.3. The number of hydrogen-bond donors (Lipinski definition) is 0. The SMILES string of the molecule is CC[C@H](CC[C@@H](C)[C@H]1CC[C@H]2[C@@H]3CCC4CC(OC5CC[C@@]6(C)C(CC[C@H]7[C@@H]8CC[C@H]([C@H](C)CC[C@@H](CC)C(C)C)[C@@]8(C)CC[C@@H]76)C5)CC[C@]4(C)[C@H]3CC[C@]12C)C(C)C. The largest absolute Gasteiger partial charge is 0.375 e. The maximum Gasteiger partial charge on any atom is 0.0582 e. The van der Waals surface area contributed by atoms with E-state index in [0.717, 1.165) is 94.7 Å². The highest BCUT2D eigenvalue weighted by Crippen LogP contribution is 2.70. The van der Waals surface area contributed by atoms with Gasteiger partial charge in [-0.05, 0) is 245 Å². The number of fused-ring (bicyclic) bond motifs is 10. The zero-order valence-corrected chi connectivity index (χ0v) is 41.8. The van der Waals surface area contributed by atoms with Crippen molar-refractivity contribution < 1.29 is 4.74 Å². The van der Waals surface area contributed by atoms with Crippen LogP contribution in [0.4, 0.5) is 0 Å². The van der Waals surface area contributed by atoms with Crippen LogP contribution < -0.4 is 0 Å². The molecule has 0 aromatic rings. The van der Waals surface area contributed by atoms with Crippen molar-refractivity contribution in [3.8, 4) is 0 Å². The van der Waals surface area contributed by atoms with Gasteiger partial charge in [0.1, 0.15) is 0 Å². The zero-order valence-electron chi connectivity index (χ0n) is 41.8. The van der Waals surface area contributed by atoms with E-state index in [2.05, 4.69) is 83.1 Å². The Hall–Kier alpha value is -0.0400. The van der Waals surface area contributed by atoms with Gasteiger partial charge in [-0.15, -0.1) is 0 Å². The van der Waals surface area contributed by atoms with Crippen LogP contribution in [0.2, 0.25) is 0 Å². The summed E-state index contributed by atoms with van der Waals surface area (Å²) in [5.74, 6) is 15.1. The Morgan fingerprint density at radius 2 is 0.797 bits per heavy atom. The van der Waals surface area contributed by atoms with Gasteiger partial charge in [0, 0.05) is 0 Å². The number of hydrogen-bond acceptors (Lipinski definition) is 1. The molecule has 0 amide bonds. The third-order valence-corrected chi connectivity index (χ3v) is 24.1. The Morgan fingerprint density at radius 3 is 1.17 bits per heavy atom. The third-order valence-electron chi connectivity index (χ3n) is 24.1. The minimum atomic E-state index is 0.541. The molecular formula is C58H102O. The molecular weight excluding hydrogens is 713 g/mol. The second kappa shape index (κ2) is 17.7. The molecule has 0 N–H and O–H groups in total. The lowest BCUT2D eigenvalue weighted by Gasteiger charge is -2.62. The molecule has 0 saturated heterocycles. The summed E-state index contributed by atoms with van der Waals surface area (Å²) in [6.45, 7) is 31.3. The van der Waals surface area contributed by atoms with Crippen molar-refractivity contribution in [2.45, 2.75) is 249 Å². The lowest BCUT2D eigenvalue weighted by atomic mass is 9.44. The lowest BCUT2D eigenvalue weighted by molar-refractivity contribution is -0.168. The van der Waals surface area contributed by atoms with Gasteiger partial charge in [0.05, 0.1) is 12.2 Å². The van der Waals surface area contributed by atoms with Crippen molar-refractivity contribution in [3.05, 3.63) is 0 Å². The van der Waals surface area contributed by atoms with Crippen LogP contribution in [0.25, 0.3) is 0 Å². The standard InChI is InChI=1S/C58H102O/c1-13-41(37(3)4)17-15-39(7)49-23-25-51-47-21-19-43-35-45(27-31-55(43,9)53(47)29-33-57(49,51)11)59-46-28-32-56(10)44(36-46)20-22-48-52-26-24-50(58(52,12)34-30-54(48)56)40(8)16-18-42(14-2)38(5)6/h37-54H,13-36H2,1-12H3/t39-,40-,41-,42-,43?,44?,45?,46?,47+,48+,49-,50-,51+,52+,53+,54+,55+,56+,57-,58-/m1/s1. The van der Waals surface area contributed by atoms with E-state index in [4.69, 9.17) is 4.74 Å². The maximum atomic E-state index is 7.37. The van der Waals surface area contributed by atoms with Gasteiger partial charge in [0.15, 0.2) is 0 Å². The fourth-order valence-electron chi connectivity index (χ4n) is 20.3. The molecule has 0 radical (unpaired) electrons. The molecule has 8 rings (SSSR count). The minimum Gasteiger partial charge on any atom is -0.375 e. The van der Waals surface area contributed by atoms with E-state index in [1.165, 1.54) is 141 Å². The van der Waals surface area contributed by atoms with Crippen LogP contribution in [0, 0.1) is 116 Å². The topological polar surface area (TPSA) is 9.23 Å². The van der Waals surface area contributed by atoms with Gasteiger partial charge in [-0.3, -0.25) is 0 Å². The first-order valence-electron chi connectivity index (χ1n) is 27.7. The molecule has 59 heavy (non-hydrogen) atoms. The molecule has 1 heteroatoms. The normalized spacial score (nSPS) is 48.9. The van der Waals surface area contributed by atoms with Crippen LogP contribution >= 0.6 is 0 Å². The van der Waals surface area contributed by atoms with E-state index in [1.807, 2.05) is 0 Å². The Bertz CT molecular complexity index is 1280. The second-order valence-corrected chi connectivity index (χ2v) is 26.6. The molecule has 20 atom stereocenters. The molecule has 0 aromatic heterocycles. The Morgan fingerprint density at radius 1 is 0.424 bits per heavy atom. The van der Waals surface area contributed by atoms with Crippen LogP contribution in [-0.2, 0) is 4.74 Å². The van der Waals surface area contributed by atoms with Crippen LogP contribution in [0.5, 0.6) is 0 Å². The third kappa shape index (κ3) is 8.07. The van der Waals surface area contributed by atoms with Crippen LogP contribution in [0.3, 0.4) is 0 Å². The maximum absolute atomic E-state index is 7.37. The zero-order chi connectivity index (χ0) is 42.1. The number of ether oxygens (including phenoxy) is 1. The van der Waals surface area contributed by atoms with Crippen molar-refractivity contribution >= 4 is 0 Å². The molecule has 8 saturated carbocycles. The average molecular weight is 815 g/mol. The fourth-order valence-corrected chi connectivity index (χ4v) is 20.3. The monoisotopic (exact) mass is 815 g/mol. The van der Waals surface area contributed by atoms with Crippen LogP contribution in [0.15, 0.2) is 0 Å². The first-order chi connectivity index (χ1) is 28.1. The van der Waals surface area contributed by atoms with Crippen molar-refractivity contribution in [2.75, 3.05) is 0 Å². The van der Waals surface area contributed by atoms with Gasteiger partial charge in [0.25, 0.3) is 0 Å². The predicted molar refractivity (Wildman–Crippen MR) is 253 cm³/mol. The van der Waals surface area contributed by atoms with Crippen molar-refractivity contribution in [1.29, 1.82) is 0 Å². The summed E-state index contributed by atoms with van der Waals surface area (Å²) in [5, 5.41) is 0. The summed E-state index contributed by atoms with van der Waals surface area (Å²) in [7, 11) is 0.